The molecule has 0 N–H and O–H groups in total. The van der Waals surface area contributed by atoms with E-state index in [0.29, 0.717) is 5.02 Å². The molecule has 4 aromatic rings. The second-order valence-electron chi connectivity index (χ2n) is 7.25. The van der Waals surface area contributed by atoms with Crippen molar-refractivity contribution in [3.8, 4) is 5.69 Å². The molecule has 0 fully saturated rings. The number of nitrogens with zero attached hydrogens (tertiary/aromatic N) is 3. The highest BCUT2D eigenvalue weighted by Crippen LogP contribution is 2.30. The summed E-state index contributed by atoms with van der Waals surface area (Å²) >= 11 is 7.71. The Balaban J connectivity index is 1.48. The molecule has 0 aliphatic rings. The molecule has 160 valence electrons. The molecule has 32 heavy (non-hydrogen) atoms. The van der Waals surface area contributed by atoms with E-state index in [1.807, 2.05) is 54.7 Å². The van der Waals surface area contributed by atoms with Gasteiger partial charge >= 0.3 is 0 Å². The van der Waals surface area contributed by atoms with Crippen LogP contribution in [-0.2, 0) is 0 Å². The minimum atomic E-state index is -0.395. The molecule has 3 aromatic carbocycles. The molecule has 0 spiro atoms. The fourth-order valence-electron chi connectivity index (χ4n) is 3.45. The average molecular weight is 462 g/mol. The first-order chi connectivity index (χ1) is 15.4. The van der Waals surface area contributed by atoms with Gasteiger partial charge in [-0.1, -0.05) is 29.4 Å². The SMILES string of the molecule is Cc1cc(C=Nc2ccc(Sc3ccc([N+](=O)[O-])cc3)cc2)c(C)n1-c1cccc(Cl)c1. The van der Waals surface area contributed by atoms with Crippen LogP contribution in [0.4, 0.5) is 11.4 Å². The largest absolute Gasteiger partial charge is 0.318 e. The zero-order valence-electron chi connectivity index (χ0n) is 17.5. The maximum Gasteiger partial charge on any atom is 0.269 e. The molecular weight excluding hydrogens is 442 g/mol. The summed E-state index contributed by atoms with van der Waals surface area (Å²) < 4.78 is 2.16. The van der Waals surface area contributed by atoms with Gasteiger partial charge in [0.15, 0.2) is 0 Å². The number of rotatable bonds is 6. The smallest absolute Gasteiger partial charge is 0.269 e. The maximum absolute atomic E-state index is 10.8. The van der Waals surface area contributed by atoms with Crippen molar-refractivity contribution in [2.75, 3.05) is 0 Å². The van der Waals surface area contributed by atoms with E-state index in [4.69, 9.17) is 11.6 Å². The van der Waals surface area contributed by atoms with Crippen LogP contribution in [0.3, 0.4) is 0 Å². The lowest BCUT2D eigenvalue weighted by atomic mass is 10.2. The number of aromatic nitrogens is 1. The third-order valence-electron chi connectivity index (χ3n) is 5.01. The van der Waals surface area contributed by atoms with Crippen molar-refractivity contribution in [3.63, 3.8) is 0 Å². The van der Waals surface area contributed by atoms with E-state index in [1.54, 1.807) is 23.9 Å². The van der Waals surface area contributed by atoms with Crippen molar-refractivity contribution in [1.29, 1.82) is 0 Å². The number of aryl methyl sites for hydroxylation is 1. The Morgan fingerprint density at radius 3 is 2.25 bits per heavy atom. The zero-order valence-corrected chi connectivity index (χ0v) is 19.1. The predicted molar refractivity (Wildman–Crippen MR) is 131 cm³/mol. The third-order valence-corrected chi connectivity index (χ3v) is 6.26. The summed E-state index contributed by atoms with van der Waals surface area (Å²) in [6, 6.07) is 24.3. The van der Waals surface area contributed by atoms with Crippen molar-refractivity contribution in [2.45, 2.75) is 23.6 Å². The number of nitro benzene ring substituents is 1. The summed E-state index contributed by atoms with van der Waals surface area (Å²) in [4.78, 5) is 17.0. The van der Waals surface area contributed by atoms with Crippen LogP contribution in [-0.4, -0.2) is 15.7 Å². The molecule has 0 aliphatic heterocycles. The number of aliphatic imine (C=N–C) groups is 1. The lowest BCUT2D eigenvalue weighted by Crippen LogP contribution is -1.99. The van der Waals surface area contributed by atoms with E-state index >= 15 is 0 Å². The van der Waals surface area contributed by atoms with Gasteiger partial charge in [-0.25, -0.2) is 0 Å². The molecule has 0 saturated heterocycles. The van der Waals surface area contributed by atoms with Crippen LogP contribution in [0.15, 0.2) is 93.6 Å². The van der Waals surface area contributed by atoms with E-state index < -0.39 is 4.92 Å². The Kier molecular flexibility index (Phi) is 6.44. The summed E-state index contributed by atoms with van der Waals surface area (Å²) in [5.74, 6) is 0. The lowest BCUT2D eigenvalue weighted by Gasteiger charge is -2.09. The minimum Gasteiger partial charge on any atom is -0.318 e. The number of hydrogen-bond acceptors (Lipinski definition) is 4. The summed E-state index contributed by atoms with van der Waals surface area (Å²) in [6.07, 6.45) is 1.88. The number of benzene rings is 3. The molecule has 0 atom stereocenters. The molecular formula is C25H20ClN3O2S. The summed E-state index contributed by atoms with van der Waals surface area (Å²) in [5.41, 5.74) is 5.23. The van der Waals surface area contributed by atoms with Gasteiger partial charge in [0, 0.05) is 55.8 Å². The van der Waals surface area contributed by atoms with E-state index in [9.17, 15) is 10.1 Å². The van der Waals surface area contributed by atoms with Crippen molar-refractivity contribution in [2.24, 2.45) is 4.99 Å². The quantitative estimate of drug-likeness (QED) is 0.169. The van der Waals surface area contributed by atoms with Crippen LogP contribution in [0.5, 0.6) is 0 Å². The number of hydrogen-bond donors (Lipinski definition) is 0. The van der Waals surface area contributed by atoms with Gasteiger partial charge in [-0.2, -0.15) is 0 Å². The second-order valence-corrected chi connectivity index (χ2v) is 8.83. The van der Waals surface area contributed by atoms with Crippen LogP contribution < -0.4 is 0 Å². The van der Waals surface area contributed by atoms with E-state index in [0.717, 1.165) is 38.1 Å². The van der Waals surface area contributed by atoms with Gasteiger partial charge in [0.1, 0.15) is 0 Å². The molecule has 0 unspecified atom stereocenters. The van der Waals surface area contributed by atoms with Gasteiger partial charge in [-0.05, 0) is 74.5 Å². The highest BCUT2D eigenvalue weighted by Gasteiger charge is 2.10. The number of halogens is 1. The van der Waals surface area contributed by atoms with Gasteiger partial charge in [0.05, 0.1) is 10.6 Å². The summed E-state index contributed by atoms with van der Waals surface area (Å²) in [6.45, 7) is 4.13. The molecule has 0 saturated carbocycles. The highest BCUT2D eigenvalue weighted by molar-refractivity contribution is 7.99. The van der Waals surface area contributed by atoms with Crippen LogP contribution in [0.25, 0.3) is 5.69 Å². The normalized spacial score (nSPS) is 11.2. The molecule has 4 rings (SSSR count). The average Bonchev–Trinajstić information content (AvgIpc) is 3.06. The van der Waals surface area contributed by atoms with E-state index in [-0.39, 0.29) is 5.69 Å². The van der Waals surface area contributed by atoms with Crippen LogP contribution in [0.2, 0.25) is 5.02 Å². The highest BCUT2D eigenvalue weighted by atomic mass is 35.5. The Morgan fingerprint density at radius 1 is 0.969 bits per heavy atom. The summed E-state index contributed by atoms with van der Waals surface area (Å²) in [7, 11) is 0. The number of non-ortho nitro benzene ring substituents is 1. The topological polar surface area (TPSA) is 60.4 Å². The third kappa shape index (κ3) is 4.93. The molecule has 0 aliphatic carbocycles. The predicted octanol–water partition coefficient (Wildman–Crippen LogP) is 7.56. The van der Waals surface area contributed by atoms with Gasteiger partial charge in [-0.3, -0.25) is 15.1 Å². The van der Waals surface area contributed by atoms with Gasteiger partial charge in [0.25, 0.3) is 5.69 Å². The maximum atomic E-state index is 10.8. The van der Waals surface area contributed by atoms with Crippen LogP contribution in [0.1, 0.15) is 17.0 Å². The molecule has 5 nitrogen and oxygen atoms in total. The summed E-state index contributed by atoms with van der Waals surface area (Å²) in [5, 5.41) is 11.5. The van der Waals surface area contributed by atoms with Gasteiger partial charge in [0.2, 0.25) is 0 Å². The van der Waals surface area contributed by atoms with Crippen molar-refractivity contribution in [1.82, 2.24) is 4.57 Å². The Morgan fingerprint density at radius 2 is 1.62 bits per heavy atom. The van der Waals surface area contributed by atoms with Crippen LogP contribution >= 0.6 is 23.4 Å². The minimum absolute atomic E-state index is 0.0914. The first-order valence-corrected chi connectivity index (χ1v) is 11.1. The molecule has 1 heterocycles. The fraction of sp³-hybridized carbons (Fsp3) is 0.0800. The van der Waals surface area contributed by atoms with E-state index in [2.05, 4.69) is 29.5 Å². The molecule has 0 radical (unpaired) electrons. The monoisotopic (exact) mass is 461 g/mol. The van der Waals surface area contributed by atoms with Crippen molar-refractivity contribution < 1.29 is 4.92 Å². The van der Waals surface area contributed by atoms with Crippen molar-refractivity contribution in [3.05, 3.63) is 111 Å². The first-order valence-electron chi connectivity index (χ1n) is 9.92. The standard InChI is InChI=1S/C25H20ClN3O2S/c1-17-14-19(18(2)28(17)23-5-3-4-20(26)15-23)16-27-21-6-10-24(11-7-21)32-25-12-8-22(9-13-25)29(30)31/h3-16H,1-2H3. The second kappa shape index (κ2) is 9.42. The van der Waals surface area contributed by atoms with Crippen molar-refractivity contribution >= 4 is 41.0 Å². The fourth-order valence-corrected chi connectivity index (χ4v) is 4.45. The molecule has 7 heteroatoms. The van der Waals surface area contributed by atoms with E-state index in [1.165, 1.54) is 12.1 Å². The van der Waals surface area contributed by atoms with Crippen LogP contribution in [0, 0.1) is 24.0 Å². The zero-order chi connectivity index (χ0) is 22.7. The Labute approximate surface area is 195 Å². The Hall–Kier alpha value is -3.35. The van der Waals surface area contributed by atoms with Gasteiger partial charge < -0.3 is 4.57 Å². The lowest BCUT2D eigenvalue weighted by molar-refractivity contribution is -0.384. The first kappa shape index (κ1) is 21.9. The molecule has 1 aromatic heterocycles. The molecule has 0 bridgehead atoms. The number of nitro groups is 1. The Bertz CT molecular complexity index is 1300. The molecule has 0 amide bonds. The van der Waals surface area contributed by atoms with Gasteiger partial charge in [-0.15, -0.1) is 0 Å².